The molecule has 0 saturated heterocycles. The topological polar surface area (TPSA) is 209 Å². The fraction of sp³-hybridized carbons (Fsp3) is 0.185. The van der Waals surface area contributed by atoms with Crippen molar-refractivity contribution in [3.8, 4) is 23.3 Å². The number of para-hydroxylation sites is 1. The molecule has 0 bridgehead atoms. The molecule has 0 saturated carbocycles. The van der Waals surface area contributed by atoms with Crippen molar-refractivity contribution in [3.63, 3.8) is 0 Å². The first-order valence-corrected chi connectivity index (χ1v) is 13.7. The number of halogens is 2. The molecule has 0 aliphatic rings. The lowest BCUT2D eigenvalue weighted by molar-refractivity contribution is -0.122. The molecule has 0 radical (unpaired) electrons. The van der Waals surface area contributed by atoms with E-state index in [9.17, 15) is 36.7 Å². The Bertz CT molecular complexity index is 1530. The van der Waals surface area contributed by atoms with Gasteiger partial charge in [-0.2, -0.15) is 14.0 Å². The van der Waals surface area contributed by atoms with Gasteiger partial charge in [-0.15, -0.1) is 0 Å². The van der Waals surface area contributed by atoms with Crippen LogP contribution in [0.2, 0.25) is 0 Å². The Hall–Kier alpha value is -5.23. The summed E-state index contributed by atoms with van der Waals surface area (Å²) in [7, 11) is -4.12. The zero-order valence-corrected chi connectivity index (χ0v) is 22.6. The van der Waals surface area contributed by atoms with Gasteiger partial charge in [-0.1, -0.05) is 18.2 Å². The number of nitrogens with one attached hydrogen (secondary N) is 2. The van der Waals surface area contributed by atoms with E-state index >= 15 is 0 Å². The van der Waals surface area contributed by atoms with Crippen LogP contribution in [-0.4, -0.2) is 61.3 Å². The summed E-state index contributed by atoms with van der Waals surface area (Å²) in [5, 5.41) is 31.2. The Morgan fingerprint density at radius 1 is 0.929 bits per heavy atom. The Kier molecular flexibility index (Phi) is 12.2. The molecule has 222 valence electrons. The van der Waals surface area contributed by atoms with Gasteiger partial charge in [-0.3, -0.25) is 14.4 Å². The zero-order chi connectivity index (χ0) is 31.3. The monoisotopic (exact) mass is 604 g/mol. The number of sulfone groups is 1. The van der Waals surface area contributed by atoms with Crippen LogP contribution in [0.1, 0.15) is 26.3 Å². The fourth-order valence-electron chi connectivity index (χ4n) is 3.30. The summed E-state index contributed by atoms with van der Waals surface area (Å²) in [5.41, 5.74) is 5.35. The van der Waals surface area contributed by atoms with Gasteiger partial charge < -0.3 is 31.3 Å². The van der Waals surface area contributed by atoms with Crippen molar-refractivity contribution < 1.29 is 46.5 Å². The van der Waals surface area contributed by atoms with Crippen LogP contribution in [0.25, 0.3) is 0 Å². The van der Waals surface area contributed by atoms with Crippen LogP contribution >= 0.6 is 0 Å². The van der Waals surface area contributed by atoms with Crippen LogP contribution in [0, 0.1) is 11.3 Å². The number of phenols is 2. The van der Waals surface area contributed by atoms with Crippen LogP contribution < -0.4 is 21.1 Å². The highest BCUT2D eigenvalue weighted by Crippen LogP contribution is 2.23. The van der Waals surface area contributed by atoms with Crippen molar-refractivity contribution in [1.82, 2.24) is 10.6 Å². The van der Waals surface area contributed by atoms with Gasteiger partial charge in [0.1, 0.15) is 29.8 Å². The number of nitrogens with zero attached hydrogens (tertiary/aromatic N) is 1. The number of amides is 3. The third-order valence-electron chi connectivity index (χ3n) is 5.23. The number of hydrogen-bond donors (Lipinski definition) is 5. The number of carbonyl (C=O) groups excluding carboxylic acids is 3. The van der Waals surface area contributed by atoms with Gasteiger partial charge in [0, 0.05) is 16.7 Å². The van der Waals surface area contributed by atoms with Gasteiger partial charge in [0.2, 0.25) is 11.8 Å². The highest BCUT2D eigenvalue weighted by Gasteiger charge is 2.28. The van der Waals surface area contributed by atoms with Crippen molar-refractivity contribution >= 4 is 27.6 Å². The molecule has 0 aromatic heterocycles. The zero-order valence-electron chi connectivity index (χ0n) is 21.7. The molecular formula is C27H26F2N4O8S. The van der Waals surface area contributed by atoms with E-state index in [1.165, 1.54) is 72.8 Å². The van der Waals surface area contributed by atoms with Gasteiger partial charge >= 0.3 is 6.61 Å². The summed E-state index contributed by atoms with van der Waals surface area (Å²) in [6, 6.07) is 16.2. The second kappa shape index (κ2) is 15.5. The van der Waals surface area contributed by atoms with Crippen LogP contribution in [0.3, 0.4) is 0 Å². The molecule has 3 aromatic carbocycles. The normalized spacial score (nSPS) is 11.3. The van der Waals surface area contributed by atoms with Crippen LogP contribution in [-0.2, 0) is 20.4 Å². The molecule has 0 fully saturated rings. The van der Waals surface area contributed by atoms with Crippen molar-refractivity contribution in [2.45, 2.75) is 18.4 Å². The summed E-state index contributed by atoms with van der Waals surface area (Å²) < 4.78 is 54.9. The molecule has 1 atom stereocenters. The van der Waals surface area contributed by atoms with Gasteiger partial charge in [-0.05, 0) is 54.6 Å². The number of primary amides is 1. The summed E-state index contributed by atoms with van der Waals surface area (Å²) >= 11 is 0. The number of nitrogens with two attached hydrogens (primary N) is 1. The van der Waals surface area contributed by atoms with Crippen molar-refractivity contribution in [1.29, 1.82) is 5.26 Å². The first-order valence-electron chi connectivity index (χ1n) is 11.9. The van der Waals surface area contributed by atoms with E-state index in [-0.39, 0.29) is 28.4 Å². The molecule has 0 unspecified atom stereocenters. The highest BCUT2D eigenvalue weighted by atomic mass is 32.2. The molecule has 0 aliphatic heterocycles. The molecule has 12 nitrogen and oxygen atoms in total. The van der Waals surface area contributed by atoms with Crippen molar-refractivity contribution in [2.75, 3.05) is 12.3 Å². The Morgan fingerprint density at radius 3 is 2.00 bits per heavy atom. The quantitative estimate of drug-likeness (QED) is 0.202. The second-order valence-corrected chi connectivity index (χ2v) is 10.5. The van der Waals surface area contributed by atoms with Gasteiger partial charge in [0.05, 0.1) is 17.6 Å². The van der Waals surface area contributed by atoms with E-state index < -0.39 is 58.3 Å². The van der Waals surface area contributed by atoms with Crippen LogP contribution in [0.15, 0.2) is 72.8 Å². The second-order valence-electron chi connectivity index (χ2n) is 8.40. The van der Waals surface area contributed by atoms with Gasteiger partial charge in [-0.25, -0.2) is 8.42 Å². The molecule has 6 N–H and O–H groups in total. The minimum atomic E-state index is -4.12. The number of ether oxygens (including phenoxy) is 1. The van der Waals surface area contributed by atoms with E-state index in [1.54, 1.807) is 6.07 Å². The summed E-state index contributed by atoms with van der Waals surface area (Å²) in [6.07, 6.45) is 0. The number of phenolic OH excluding ortho intramolecular Hbond substituents is 2. The largest absolute Gasteiger partial charge is 0.508 e. The van der Waals surface area contributed by atoms with E-state index in [0.29, 0.717) is 5.56 Å². The molecule has 42 heavy (non-hydrogen) atoms. The van der Waals surface area contributed by atoms with Crippen LogP contribution in [0.5, 0.6) is 17.2 Å². The summed E-state index contributed by atoms with van der Waals surface area (Å²) in [6.45, 7) is -3.58. The maximum absolute atomic E-state index is 12.7. The lowest BCUT2D eigenvalue weighted by atomic mass is 10.2. The fourth-order valence-corrected chi connectivity index (χ4v) is 4.87. The first kappa shape index (κ1) is 33.0. The molecule has 3 aromatic rings. The predicted octanol–water partition coefficient (Wildman–Crippen LogP) is 1.84. The minimum absolute atomic E-state index is 0.0474. The lowest BCUT2D eigenvalue weighted by Crippen LogP contribution is -2.50. The van der Waals surface area contributed by atoms with Crippen LogP contribution in [0.4, 0.5) is 8.78 Å². The number of nitriles is 1. The SMILES string of the molecule is N#CCNC(=O)[C@H](CS(=O)(=O)Cc1ccccc1OC(F)F)NC(=O)c1ccc(O)cc1.NC(=O)c1ccc(O)cc1. The summed E-state index contributed by atoms with van der Waals surface area (Å²) in [4.78, 5) is 35.2. The number of aromatic hydroxyl groups is 2. The molecule has 0 spiro atoms. The van der Waals surface area contributed by atoms with Gasteiger partial charge in [0.25, 0.3) is 5.91 Å². The van der Waals surface area contributed by atoms with Crippen molar-refractivity contribution in [2.24, 2.45) is 5.73 Å². The number of carbonyl (C=O) groups is 3. The molecule has 0 heterocycles. The number of rotatable bonds is 11. The Labute approximate surface area is 239 Å². The lowest BCUT2D eigenvalue weighted by Gasteiger charge is -2.18. The predicted molar refractivity (Wildman–Crippen MR) is 145 cm³/mol. The molecular weight excluding hydrogens is 578 g/mol. The Morgan fingerprint density at radius 2 is 1.48 bits per heavy atom. The average molecular weight is 605 g/mol. The standard InChI is InChI=1S/C20H19F2N3O6S.C7H7NO2/c21-20(22)31-17-4-2-1-3-14(17)11-32(29,30)12-16(19(28)24-10-9-23)25-18(27)13-5-7-15(26)8-6-13;8-7(10)5-1-3-6(9)4-2-5/h1-8,16,20,26H,10-12H2,(H,24,28)(H,25,27);1-4,9H,(H2,8,10)/t16-;/m0./s1. The highest BCUT2D eigenvalue weighted by molar-refractivity contribution is 7.90. The molecule has 15 heteroatoms. The molecule has 0 aliphatic carbocycles. The van der Waals surface area contributed by atoms with E-state index in [1.807, 2.05) is 0 Å². The van der Waals surface area contributed by atoms with Gasteiger partial charge in [0.15, 0.2) is 9.84 Å². The molecule has 3 rings (SSSR count). The third kappa shape index (κ3) is 11.1. The maximum Gasteiger partial charge on any atom is 0.387 e. The summed E-state index contributed by atoms with van der Waals surface area (Å²) in [5.74, 6) is -4.09. The van der Waals surface area contributed by atoms with E-state index in [2.05, 4.69) is 15.4 Å². The smallest absolute Gasteiger partial charge is 0.387 e. The number of hydrogen-bond acceptors (Lipinski definition) is 9. The van der Waals surface area contributed by atoms with E-state index in [0.717, 1.165) is 0 Å². The Balaban J connectivity index is 0.000000518. The first-order chi connectivity index (χ1) is 19.8. The number of benzene rings is 3. The maximum atomic E-state index is 12.7. The number of alkyl halides is 2. The third-order valence-corrected chi connectivity index (χ3v) is 6.82. The van der Waals surface area contributed by atoms with Crippen molar-refractivity contribution in [3.05, 3.63) is 89.5 Å². The molecule has 3 amide bonds. The minimum Gasteiger partial charge on any atom is -0.508 e. The average Bonchev–Trinajstić information content (AvgIpc) is 2.93. The van der Waals surface area contributed by atoms with E-state index in [4.69, 9.17) is 16.1 Å².